The number of nitro groups is 1. The van der Waals surface area contributed by atoms with Gasteiger partial charge in [-0.15, -0.1) is 0 Å². The molecule has 0 amide bonds. The number of aryl methyl sites for hydroxylation is 1. The summed E-state index contributed by atoms with van der Waals surface area (Å²) in [5, 5.41) is 19.8. The van der Waals surface area contributed by atoms with E-state index in [4.69, 9.17) is 5.26 Å². The number of hydrogen-bond acceptors (Lipinski definition) is 3. The van der Waals surface area contributed by atoms with Gasteiger partial charge in [-0.05, 0) is 26.8 Å². The van der Waals surface area contributed by atoms with E-state index in [9.17, 15) is 10.1 Å². The van der Waals surface area contributed by atoms with Crippen LogP contribution in [0.1, 0.15) is 25.0 Å². The highest BCUT2D eigenvalue weighted by Gasteiger charge is 2.28. The van der Waals surface area contributed by atoms with Crippen LogP contribution in [0, 0.1) is 28.4 Å². The van der Waals surface area contributed by atoms with Crippen LogP contribution in [0.4, 0.5) is 5.69 Å². The minimum atomic E-state index is -0.839. The first-order valence-corrected chi connectivity index (χ1v) is 4.55. The summed E-state index contributed by atoms with van der Waals surface area (Å²) in [6.07, 6.45) is 0. The first-order chi connectivity index (χ1) is 6.88. The van der Waals surface area contributed by atoms with Gasteiger partial charge < -0.3 is 0 Å². The molecule has 1 aromatic rings. The largest absolute Gasteiger partial charge is 0.274 e. The third kappa shape index (κ3) is 2.13. The van der Waals surface area contributed by atoms with Crippen LogP contribution in [0.5, 0.6) is 0 Å². The van der Waals surface area contributed by atoms with Gasteiger partial charge in [0.05, 0.1) is 16.4 Å². The number of benzene rings is 1. The highest BCUT2D eigenvalue weighted by atomic mass is 16.6. The molecule has 1 rings (SSSR count). The van der Waals surface area contributed by atoms with Crippen LogP contribution in [0.25, 0.3) is 0 Å². The zero-order valence-electron chi connectivity index (χ0n) is 8.94. The lowest BCUT2D eigenvalue weighted by Crippen LogP contribution is -2.16. The Bertz CT molecular complexity index is 444. The van der Waals surface area contributed by atoms with Crippen molar-refractivity contribution >= 4 is 5.69 Å². The van der Waals surface area contributed by atoms with Gasteiger partial charge in [0.2, 0.25) is 0 Å². The molecule has 4 heteroatoms. The Labute approximate surface area is 88.3 Å². The molecule has 15 heavy (non-hydrogen) atoms. The maximum absolute atomic E-state index is 10.8. The van der Waals surface area contributed by atoms with Gasteiger partial charge in [0.25, 0.3) is 5.69 Å². The van der Waals surface area contributed by atoms with E-state index in [1.165, 1.54) is 6.07 Å². The second-order valence-electron chi connectivity index (χ2n) is 4.01. The fourth-order valence-electron chi connectivity index (χ4n) is 1.37. The third-order valence-corrected chi connectivity index (χ3v) is 2.30. The Kier molecular flexibility index (Phi) is 2.76. The fourth-order valence-corrected chi connectivity index (χ4v) is 1.37. The van der Waals surface area contributed by atoms with Crippen molar-refractivity contribution in [2.24, 2.45) is 0 Å². The summed E-state index contributed by atoms with van der Waals surface area (Å²) >= 11 is 0. The van der Waals surface area contributed by atoms with Gasteiger partial charge in [0, 0.05) is 11.6 Å². The maximum Gasteiger partial charge on any atom is 0.274 e. The van der Waals surface area contributed by atoms with Crippen molar-refractivity contribution in [1.29, 1.82) is 5.26 Å². The molecule has 0 saturated carbocycles. The molecule has 0 N–H and O–H groups in total. The van der Waals surface area contributed by atoms with E-state index in [0.29, 0.717) is 5.56 Å². The summed E-state index contributed by atoms with van der Waals surface area (Å²) in [6.45, 7) is 5.20. The van der Waals surface area contributed by atoms with E-state index in [-0.39, 0.29) is 5.69 Å². The van der Waals surface area contributed by atoms with Crippen LogP contribution < -0.4 is 0 Å². The van der Waals surface area contributed by atoms with Gasteiger partial charge in [0.1, 0.15) is 0 Å². The van der Waals surface area contributed by atoms with Crippen LogP contribution in [-0.2, 0) is 5.41 Å². The quantitative estimate of drug-likeness (QED) is 0.549. The van der Waals surface area contributed by atoms with Crippen LogP contribution in [0.3, 0.4) is 0 Å². The predicted molar refractivity (Wildman–Crippen MR) is 56.5 cm³/mol. The molecule has 0 unspecified atom stereocenters. The molecule has 0 spiro atoms. The molecular formula is C11H12N2O2. The lowest BCUT2D eigenvalue weighted by Gasteiger charge is -2.16. The minimum absolute atomic E-state index is 0.00662. The zero-order chi connectivity index (χ0) is 11.6. The van der Waals surface area contributed by atoms with Crippen molar-refractivity contribution in [3.05, 3.63) is 39.4 Å². The summed E-state index contributed by atoms with van der Waals surface area (Å²) < 4.78 is 0. The highest BCUT2D eigenvalue weighted by molar-refractivity contribution is 5.49. The molecule has 1 aromatic carbocycles. The molecule has 0 atom stereocenters. The Balaban J connectivity index is 3.45. The lowest BCUT2D eigenvalue weighted by molar-refractivity contribution is -0.385. The molecule has 0 radical (unpaired) electrons. The summed E-state index contributed by atoms with van der Waals surface area (Å²) in [5.74, 6) is 0. The minimum Gasteiger partial charge on any atom is -0.258 e. The number of hydrogen-bond donors (Lipinski definition) is 0. The first-order valence-electron chi connectivity index (χ1n) is 4.55. The Morgan fingerprint density at radius 3 is 2.53 bits per heavy atom. The van der Waals surface area contributed by atoms with Gasteiger partial charge in [-0.2, -0.15) is 5.26 Å². The summed E-state index contributed by atoms with van der Waals surface area (Å²) in [6, 6.07) is 6.90. The normalized spacial score (nSPS) is 10.8. The fraction of sp³-hybridized carbons (Fsp3) is 0.364. The molecular weight excluding hydrogens is 192 g/mol. The highest BCUT2D eigenvalue weighted by Crippen LogP contribution is 2.31. The van der Waals surface area contributed by atoms with Crippen LogP contribution in [0.15, 0.2) is 18.2 Å². The van der Waals surface area contributed by atoms with E-state index < -0.39 is 10.3 Å². The van der Waals surface area contributed by atoms with Gasteiger partial charge in [0.15, 0.2) is 0 Å². The molecule has 4 nitrogen and oxygen atoms in total. The van der Waals surface area contributed by atoms with Gasteiger partial charge in [-0.25, -0.2) is 0 Å². The van der Waals surface area contributed by atoms with E-state index in [1.807, 2.05) is 6.92 Å². The van der Waals surface area contributed by atoms with E-state index >= 15 is 0 Å². The summed E-state index contributed by atoms with van der Waals surface area (Å²) in [4.78, 5) is 10.3. The number of nitriles is 1. The zero-order valence-corrected chi connectivity index (χ0v) is 8.94. The van der Waals surface area contributed by atoms with Gasteiger partial charge in [-0.3, -0.25) is 10.1 Å². The van der Waals surface area contributed by atoms with Crippen molar-refractivity contribution in [3.8, 4) is 6.07 Å². The van der Waals surface area contributed by atoms with Gasteiger partial charge >= 0.3 is 0 Å². The summed E-state index contributed by atoms with van der Waals surface area (Å²) in [7, 11) is 0. The van der Waals surface area contributed by atoms with Crippen molar-refractivity contribution < 1.29 is 4.92 Å². The van der Waals surface area contributed by atoms with E-state index in [0.717, 1.165) is 5.56 Å². The molecule has 0 aliphatic carbocycles. The standard InChI is InChI=1S/C11H12N2O2/c1-8-4-5-10(13(14)15)9(6-8)11(2,3)7-12/h4-6H,1-3H3. The lowest BCUT2D eigenvalue weighted by atomic mass is 9.84. The number of nitrogens with zero attached hydrogens (tertiary/aromatic N) is 2. The van der Waals surface area contributed by atoms with Crippen LogP contribution in [0.2, 0.25) is 0 Å². The number of nitro benzene ring substituents is 1. The average molecular weight is 204 g/mol. The molecule has 0 saturated heterocycles. The molecule has 0 bridgehead atoms. The van der Waals surface area contributed by atoms with Crippen molar-refractivity contribution in [2.45, 2.75) is 26.2 Å². The molecule has 78 valence electrons. The van der Waals surface area contributed by atoms with Crippen molar-refractivity contribution in [2.75, 3.05) is 0 Å². The Morgan fingerprint density at radius 1 is 1.47 bits per heavy atom. The Hall–Kier alpha value is -1.89. The van der Waals surface area contributed by atoms with Crippen LogP contribution in [-0.4, -0.2) is 4.92 Å². The first kappa shape index (κ1) is 11.2. The SMILES string of the molecule is Cc1ccc([N+](=O)[O-])c(C(C)(C)C#N)c1. The molecule has 0 aliphatic heterocycles. The van der Waals surface area contributed by atoms with E-state index in [2.05, 4.69) is 6.07 Å². The van der Waals surface area contributed by atoms with Gasteiger partial charge in [-0.1, -0.05) is 11.6 Å². The molecule has 0 heterocycles. The second kappa shape index (κ2) is 3.70. The molecule has 0 aliphatic rings. The van der Waals surface area contributed by atoms with Crippen LogP contribution >= 0.6 is 0 Å². The Morgan fingerprint density at radius 2 is 2.07 bits per heavy atom. The second-order valence-corrected chi connectivity index (χ2v) is 4.01. The average Bonchev–Trinajstić information content (AvgIpc) is 2.17. The monoisotopic (exact) mass is 204 g/mol. The smallest absolute Gasteiger partial charge is 0.258 e. The third-order valence-electron chi connectivity index (χ3n) is 2.30. The van der Waals surface area contributed by atoms with Crippen molar-refractivity contribution in [3.63, 3.8) is 0 Å². The number of rotatable bonds is 2. The predicted octanol–water partition coefficient (Wildman–Crippen LogP) is 2.70. The summed E-state index contributed by atoms with van der Waals surface area (Å²) in [5.41, 5.74) is 0.551. The maximum atomic E-state index is 10.8. The van der Waals surface area contributed by atoms with Crippen molar-refractivity contribution in [1.82, 2.24) is 0 Å². The van der Waals surface area contributed by atoms with E-state index in [1.54, 1.807) is 26.0 Å². The topological polar surface area (TPSA) is 66.9 Å². The molecule has 0 aromatic heterocycles. The molecule has 0 fully saturated rings.